The number of piperazine rings is 1. The third-order valence-electron chi connectivity index (χ3n) is 3.69. The first-order chi connectivity index (χ1) is 10.1. The maximum absolute atomic E-state index is 13.1. The van der Waals surface area contributed by atoms with E-state index in [1.54, 1.807) is 6.20 Å². The van der Waals surface area contributed by atoms with Gasteiger partial charge in [-0.1, -0.05) is 0 Å². The summed E-state index contributed by atoms with van der Waals surface area (Å²) >= 11 is 0. The van der Waals surface area contributed by atoms with E-state index in [0.717, 1.165) is 5.56 Å². The lowest BCUT2D eigenvalue weighted by atomic mass is 10.2. The van der Waals surface area contributed by atoms with Crippen molar-refractivity contribution in [2.45, 2.75) is 6.92 Å². The van der Waals surface area contributed by atoms with E-state index in [4.69, 9.17) is 0 Å². The van der Waals surface area contributed by atoms with Crippen molar-refractivity contribution in [2.75, 3.05) is 31.1 Å². The highest BCUT2D eigenvalue weighted by Gasteiger charge is 2.24. The largest absolute Gasteiger partial charge is 0.367 e. The lowest BCUT2D eigenvalue weighted by molar-refractivity contribution is 0.0746. The van der Waals surface area contributed by atoms with E-state index in [9.17, 15) is 9.18 Å². The molecule has 0 radical (unpaired) electrons. The predicted molar refractivity (Wildman–Crippen MR) is 75.6 cm³/mol. The average molecular weight is 289 g/mol. The van der Waals surface area contributed by atoms with Gasteiger partial charge in [0.2, 0.25) is 5.95 Å². The van der Waals surface area contributed by atoms with Gasteiger partial charge in [0, 0.05) is 44.6 Å². The maximum Gasteiger partial charge on any atom is 0.255 e. The Morgan fingerprint density at radius 3 is 2.62 bits per heavy atom. The third kappa shape index (κ3) is 2.72. The fourth-order valence-electron chi connectivity index (χ4n) is 2.48. The Kier molecular flexibility index (Phi) is 3.55. The number of hydrogen-bond donors (Lipinski definition) is 1. The summed E-state index contributed by atoms with van der Waals surface area (Å²) in [6.07, 6.45) is 4.75. The van der Waals surface area contributed by atoms with Gasteiger partial charge in [-0.3, -0.25) is 4.79 Å². The first kappa shape index (κ1) is 13.5. The Morgan fingerprint density at radius 1 is 1.24 bits per heavy atom. The Hall–Kier alpha value is -2.44. The SMILES string of the molecule is Cc1c[nH]cc1C(=O)N1CCN(c2cc(F)ncn2)CC1. The van der Waals surface area contributed by atoms with Crippen LogP contribution in [0.1, 0.15) is 15.9 Å². The summed E-state index contributed by atoms with van der Waals surface area (Å²) in [6, 6.07) is 1.31. The molecule has 7 heteroatoms. The highest BCUT2D eigenvalue weighted by Crippen LogP contribution is 2.16. The number of rotatable bonds is 2. The zero-order valence-corrected chi connectivity index (χ0v) is 11.7. The number of carbonyl (C=O) groups excluding carboxylic acids is 1. The molecule has 1 aliphatic rings. The molecule has 0 bridgehead atoms. The number of amides is 1. The molecule has 0 unspecified atom stereocenters. The van der Waals surface area contributed by atoms with Gasteiger partial charge in [0.1, 0.15) is 12.1 Å². The van der Waals surface area contributed by atoms with Crippen LogP contribution in [0.3, 0.4) is 0 Å². The van der Waals surface area contributed by atoms with Gasteiger partial charge in [-0.05, 0) is 12.5 Å². The number of nitrogens with zero attached hydrogens (tertiary/aromatic N) is 4. The molecule has 1 amide bonds. The van der Waals surface area contributed by atoms with Crippen molar-refractivity contribution in [3.63, 3.8) is 0 Å². The minimum Gasteiger partial charge on any atom is -0.367 e. The van der Waals surface area contributed by atoms with E-state index in [2.05, 4.69) is 15.0 Å². The maximum atomic E-state index is 13.1. The van der Waals surface area contributed by atoms with Crippen LogP contribution in [0.25, 0.3) is 0 Å². The second-order valence-electron chi connectivity index (χ2n) is 5.03. The number of aromatic nitrogens is 3. The summed E-state index contributed by atoms with van der Waals surface area (Å²) in [6.45, 7) is 4.35. The average Bonchev–Trinajstić information content (AvgIpc) is 2.93. The summed E-state index contributed by atoms with van der Waals surface area (Å²) in [5.74, 6) is 0.0520. The molecule has 0 atom stereocenters. The van der Waals surface area contributed by atoms with Crippen LogP contribution < -0.4 is 4.90 Å². The van der Waals surface area contributed by atoms with E-state index in [1.807, 2.05) is 22.9 Å². The Balaban J connectivity index is 1.65. The molecular formula is C14H16FN5O. The van der Waals surface area contributed by atoms with Crippen molar-refractivity contribution in [1.82, 2.24) is 19.9 Å². The van der Waals surface area contributed by atoms with Crippen molar-refractivity contribution >= 4 is 11.7 Å². The van der Waals surface area contributed by atoms with Crippen LogP contribution in [0.4, 0.5) is 10.2 Å². The summed E-state index contributed by atoms with van der Waals surface area (Å²) in [4.78, 5) is 26.6. The van der Waals surface area contributed by atoms with Crippen LogP contribution >= 0.6 is 0 Å². The molecule has 3 heterocycles. The number of hydrogen-bond acceptors (Lipinski definition) is 4. The summed E-state index contributed by atoms with van der Waals surface area (Å²) in [7, 11) is 0. The fourth-order valence-corrected chi connectivity index (χ4v) is 2.48. The van der Waals surface area contributed by atoms with E-state index in [1.165, 1.54) is 12.4 Å². The van der Waals surface area contributed by atoms with Crippen molar-refractivity contribution in [1.29, 1.82) is 0 Å². The van der Waals surface area contributed by atoms with Crippen LogP contribution in [0.15, 0.2) is 24.8 Å². The molecule has 0 spiro atoms. The number of H-pyrrole nitrogens is 1. The van der Waals surface area contributed by atoms with Gasteiger partial charge in [0.25, 0.3) is 5.91 Å². The first-order valence-corrected chi connectivity index (χ1v) is 6.80. The monoisotopic (exact) mass is 289 g/mol. The van der Waals surface area contributed by atoms with E-state index >= 15 is 0 Å². The van der Waals surface area contributed by atoms with E-state index in [-0.39, 0.29) is 5.91 Å². The van der Waals surface area contributed by atoms with Gasteiger partial charge in [-0.15, -0.1) is 0 Å². The second kappa shape index (κ2) is 5.51. The molecule has 1 saturated heterocycles. The molecule has 1 fully saturated rings. The molecule has 1 N–H and O–H groups in total. The Labute approximate surface area is 121 Å². The molecule has 21 heavy (non-hydrogen) atoms. The Bertz CT molecular complexity index is 648. The minimum absolute atomic E-state index is 0.0299. The number of anilines is 1. The van der Waals surface area contributed by atoms with Crippen molar-refractivity contribution in [3.05, 3.63) is 41.9 Å². The van der Waals surface area contributed by atoms with Gasteiger partial charge in [-0.25, -0.2) is 9.97 Å². The minimum atomic E-state index is -0.540. The van der Waals surface area contributed by atoms with Crippen molar-refractivity contribution < 1.29 is 9.18 Å². The van der Waals surface area contributed by atoms with E-state index < -0.39 is 5.95 Å². The van der Waals surface area contributed by atoms with E-state index in [0.29, 0.717) is 37.6 Å². The quantitative estimate of drug-likeness (QED) is 0.844. The van der Waals surface area contributed by atoms with Gasteiger partial charge in [0.05, 0.1) is 5.56 Å². The molecule has 0 aliphatic carbocycles. The molecule has 6 nitrogen and oxygen atoms in total. The first-order valence-electron chi connectivity index (χ1n) is 6.80. The fraction of sp³-hybridized carbons (Fsp3) is 0.357. The topological polar surface area (TPSA) is 65.1 Å². The molecule has 110 valence electrons. The van der Waals surface area contributed by atoms with Gasteiger partial charge < -0.3 is 14.8 Å². The molecule has 2 aromatic rings. The lowest BCUT2D eigenvalue weighted by Gasteiger charge is -2.35. The number of aromatic amines is 1. The second-order valence-corrected chi connectivity index (χ2v) is 5.03. The third-order valence-corrected chi connectivity index (χ3v) is 3.69. The molecule has 2 aromatic heterocycles. The zero-order valence-electron chi connectivity index (χ0n) is 11.7. The number of nitrogens with one attached hydrogen (secondary N) is 1. The van der Waals surface area contributed by atoms with Crippen LogP contribution in [0.2, 0.25) is 0 Å². The van der Waals surface area contributed by atoms with Gasteiger partial charge in [0.15, 0.2) is 0 Å². The zero-order chi connectivity index (χ0) is 14.8. The van der Waals surface area contributed by atoms with Gasteiger partial charge >= 0.3 is 0 Å². The molecule has 3 rings (SSSR count). The Morgan fingerprint density at radius 2 is 2.00 bits per heavy atom. The lowest BCUT2D eigenvalue weighted by Crippen LogP contribution is -2.49. The molecular weight excluding hydrogens is 273 g/mol. The number of aryl methyl sites for hydroxylation is 1. The van der Waals surface area contributed by atoms with Gasteiger partial charge in [-0.2, -0.15) is 4.39 Å². The highest BCUT2D eigenvalue weighted by atomic mass is 19.1. The molecule has 1 aliphatic heterocycles. The summed E-state index contributed by atoms with van der Waals surface area (Å²) in [5, 5.41) is 0. The number of halogens is 1. The van der Waals surface area contributed by atoms with Crippen molar-refractivity contribution in [3.8, 4) is 0 Å². The highest BCUT2D eigenvalue weighted by molar-refractivity contribution is 5.95. The van der Waals surface area contributed by atoms with Crippen LogP contribution in [-0.4, -0.2) is 51.9 Å². The van der Waals surface area contributed by atoms with Crippen LogP contribution in [0.5, 0.6) is 0 Å². The number of carbonyl (C=O) groups is 1. The summed E-state index contributed by atoms with van der Waals surface area (Å²) < 4.78 is 13.1. The smallest absolute Gasteiger partial charge is 0.255 e. The molecule has 0 saturated carbocycles. The normalized spacial score (nSPS) is 15.3. The van der Waals surface area contributed by atoms with Crippen LogP contribution in [0, 0.1) is 12.9 Å². The van der Waals surface area contributed by atoms with Crippen molar-refractivity contribution in [2.24, 2.45) is 0 Å². The van der Waals surface area contributed by atoms with Crippen LogP contribution in [-0.2, 0) is 0 Å². The molecule has 0 aromatic carbocycles. The predicted octanol–water partition coefficient (Wildman–Crippen LogP) is 1.21. The standard InChI is InChI=1S/C14H16FN5O/c1-10-7-16-8-11(10)14(21)20-4-2-19(3-5-20)13-6-12(15)17-9-18-13/h6-9,16H,2-5H2,1H3. The summed E-state index contributed by atoms with van der Waals surface area (Å²) in [5.41, 5.74) is 1.65.